The zero-order chi connectivity index (χ0) is 15.7. The summed E-state index contributed by atoms with van der Waals surface area (Å²) in [5.74, 6) is -0.164. The lowest BCUT2D eigenvalue weighted by Gasteiger charge is -2.20. The molecular weight excluding hydrogens is 266 g/mol. The Bertz CT molecular complexity index is 516. The van der Waals surface area contributed by atoms with Gasteiger partial charge in [-0.1, -0.05) is 18.2 Å². The Kier molecular flexibility index (Phi) is 6.74. The van der Waals surface area contributed by atoms with E-state index in [-0.39, 0.29) is 11.9 Å². The predicted octanol–water partition coefficient (Wildman–Crippen LogP) is 2.64. The SMILES string of the molecule is C=CCN(CC=C)C(=O)Nc1cccc(C(=O)NCC)c1. The van der Waals surface area contributed by atoms with Gasteiger partial charge in [-0.3, -0.25) is 4.79 Å². The van der Waals surface area contributed by atoms with Gasteiger partial charge in [-0.05, 0) is 25.1 Å². The summed E-state index contributed by atoms with van der Waals surface area (Å²) in [6, 6.07) is 6.55. The first-order chi connectivity index (χ1) is 10.1. The quantitative estimate of drug-likeness (QED) is 0.757. The molecular formula is C16H21N3O2. The van der Waals surface area contributed by atoms with Gasteiger partial charge < -0.3 is 15.5 Å². The standard InChI is InChI=1S/C16H21N3O2/c1-4-10-19(11-5-2)16(21)18-14-9-7-8-13(12-14)15(20)17-6-3/h4-5,7-9,12H,1-2,6,10-11H2,3H3,(H,17,20)(H,18,21). The maximum atomic E-state index is 12.1. The molecule has 0 aliphatic heterocycles. The van der Waals surface area contributed by atoms with Crippen LogP contribution in [0.5, 0.6) is 0 Å². The van der Waals surface area contributed by atoms with Gasteiger partial charge in [0.25, 0.3) is 5.91 Å². The van der Waals surface area contributed by atoms with Crippen molar-refractivity contribution in [3.05, 3.63) is 55.1 Å². The Hall–Kier alpha value is -2.56. The average Bonchev–Trinajstić information content (AvgIpc) is 2.47. The third kappa shape index (κ3) is 5.14. The van der Waals surface area contributed by atoms with Crippen LogP contribution >= 0.6 is 0 Å². The van der Waals surface area contributed by atoms with Crippen LogP contribution in [0.3, 0.4) is 0 Å². The Labute approximate surface area is 125 Å². The number of rotatable bonds is 7. The molecule has 0 bridgehead atoms. The number of carbonyl (C=O) groups excluding carboxylic acids is 2. The topological polar surface area (TPSA) is 61.4 Å². The smallest absolute Gasteiger partial charge is 0.322 e. The number of carbonyl (C=O) groups is 2. The third-order valence-corrected chi connectivity index (χ3v) is 2.70. The van der Waals surface area contributed by atoms with E-state index in [1.807, 2.05) is 6.92 Å². The number of hydrogen-bond acceptors (Lipinski definition) is 2. The minimum Gasteiger partial charge on any atom is -0.352 e. The molecule has 0 spiro atoms. The first kappa shape index (κ1) is 16.5. The molecule has 0 saturated carbocycles. The molecule has 0 atom stereocenters. The van der Waals surface area contributed by atoms with Gasteiger partial charge in [-0.25, -0.2) is 4.79 Å². The Morgan fingerprint density at radius 2 is 1.90 bits per heavy atom. The zero-order valence-electron chi connectivity index (χ0n) is 12.3. The first-order valence-electron chi connectivity index (χ1n) is 6.78. The van der Waals surface area contributed by atoms with E-state index >= 15 is 0 Å². The van der Waals surface area contributed by atoms with Gasteiger partial charge in [-0.15, -0.1) is 13.2 Å². The van der Waals surface area contributed by atoms with Crippen LogP contribution in [0.1, 0.15) is 17.3 Å². The number of nitrogens with one attached hydrogen (secondary N) is 2. The lowest BCUT2D eigenvalue weighted by atomic mass is 10.2. The van der Waals surface area contributed by atoms with Gasteiger partial charge >= 0.3 is 6.03 Å². The van der Waals surface area contributed by atoms with Crippen LogP contribution < -0.4 is 10.6 Å². The van der Waals surface area contributed by atoms with E-state index in [1.165, 1.54) is 0 Å². The van der Waals surface area contributed by atoms with Crippen molar-refractivity contribution in [2.45, 2.75) is 6.92 Å². The van der Waals surface area contributed by atoms with Crippen molar-refractivity contribution in [1.82, 2.24) is 10.2 Å². The van der Waals surface area contributed by atoms with Crippen molar-refractivity contribution in [1.29, 1.82) is 0 Å². The van der Waals surface area contributed by atoms with Crippen LogP contribution in [-0.2, 0) is 0 Å². The summed E-state index contributed by atoms with van der Waals surface area (Å²) in [5, 5.41) is 5.48. The van der Waals surface area contributed by atoms with E-state index in [9.17, 15) is 9.59 Å². The van der Waals surface area contributed by atoms with Crippen molar-refractivity contribution in [2.75, 3.05) is 25.0 Å². The molecule has 3 amide bonds. The second-order valence-electron chi connectivity index (χ2n) is 4.35. The van der Waals surface area contributed by atoms with E-state index in [1.54, 1.807) is 41.3 Å². The summed E-state index contributed by atoms with van der Waals surface area (Å²) in [6.45, 7) is 10.5. The molecule has 0 unspecified atom stereocenters. The van der Waals surface area contributed by atoms with Gasteiger partial charge in [-0.2, -0.15) is 0 Å². The van der Waals surface area contributed by atoms with Crippen LogP contribution in [0.15, 0.2) is 49.6 Å². The van der Waals surface area contributed by atoms with Crippen molar-refractivity contribution in [3.8, 4) is 0 Å². The second kappa shape index (κ2) is 8.58. The highest BCUT2D eigenvalue weighted by Gasteiger charge is 2.11. The Morgan fingerprint density at radius 1 is 1.24 bits per heavy atom. The van der Waals surface area contributed by atoms with E-state index in [2.05, 4.69) is 23.8 Å². The van der Waals surface area contributed by atoms with Crippen LogP contribution in [0, 0.1) is 0 Å². The van der Waals surface area contributed by atoms with Crippen LogP contribution in [0.25, 0.3) is 0 Å². The molecule has 1 aromatic carbocycles. The summed E-state index contributed by atoms with van der Waals surface area (Å²) < 4.78 is 0. The minimum absolute atomic E-state index is 0.164. The lowest BCUT2D eigenvalue weighted by Crippen LogP contribution is -2.35. The van der Waals surface area contributed by atoms with Crippen LogP contribution in [0.4, 0.5) is 10.5 Å². The van der Waals surface area contributed by atoms with Gasteiger partial charge in [0.1, 0.15) is 0 Å². The molecule has 5 heteroatoms. The number of hydrogen-bond donors (Lipinski definition) is 2. The van der Waals surface area contributed by atoms with Crippen molar-refractivity contribution < 1.29 is 9.59 Å². The molecule has 5 nitrogen and oxygen atoms in total. The maximum absolute atomic E-state index is 12.1. The largest absolute Gasteiger partial charge is 0.352 e. The fourth-order valence-corrected chi connectivity index (χ4v) is 1.76. The second-order valence-corrected chi connectivity index (χ2v) is 4.35. The molecule has 1 rings (SSSR count). The molecule has 0 heterocycles. The number of amides is 3. The molecule has 0 fully saturated rings. The summed E-state index contributed by atoms with van der Waals surface area (Å²) in [7, 11) is 0. The van der Waals surface area contributed by atoms with Gasteiger partial charge in [0.05, 0.1) is 0 Å². The molecule has 112 valence electrons. The minimum atomic E-state index is -0.261. The molecule has 0 aromatic heterocycles. The fourth-order valence-electron chi connectivity index (χ4n) is 1.76. The average molecular weight is 287 g/mol. The zero-order valence-corrected chi connectivity index (χ0v) is 12.3. The third-order valence-electron chi connectivity index (χ3n) is 2.70. The molecule has 21 heavy (non-hydrogen) atoms. The molecule has 2 N–H and O–H groups in total. The molecule has 0 aliphatic carbocycles. The monoisotopic (exact) mass is 287 g/mol. The fraction of sp³-hybridized carbons (Fsp3) is 0.250. The van der Waals surface area contributed by atoms with Crippen LogP contribution in [0.2, 0.25) is 0 Å². The highest BCUT2D eigenvalue weighted by Crippen LogP contribution is 2.11. The number of nitrogens with zero attached hydrogens (tertiary/aromatic N) is 1. The number of anilines is 1. The van der Waals surface area contributed by atoms with E-state index < -0.39 is 0 Å². The van der Waals surface area contributed by atoms with Gasteiger partial charge in [0, 0.05) is 30.9 Å². The summed E-state index contributed by atoms with van der Waals surface area (Å²) in [6.07, 6.45) is 3.29. The molecule has 1 aromatic rings. The van der Waals surface area contributed by atoms with E-state index in [0.717, 1.165) is 0 Å². The van der Waals surface area contributed by atoms with Gasteiger partial charge in [0.15, 0.2) is 0 Å². The number of urea groups is 1. The molecule has 0 aliphatic rings. The van der Waals surface area contributed by atoms with E-state index in [4.69, 9.17) is 0 Å². The summed E-state index contributed by atoms with van der Waals surface area (Å²) >= 11 is 0. The van der Waals surface area contributed by atoms with Gasteiger partial charge in [0.2, 0.25) is 0 Å². The van der Waals surface area contributed by atoms with E-state index in [0.29, 0.717) is 30.9 Å². The molecule has 0 saturated heterocycles. The maximum Gasteiger partial charge on any atom is 0.322 e. The van der Waals surface area contributed by atoms with Crippen LogP contribution in [-0.4, -0.2) is 36.5 Å². The number of benzene rings is 1. The summed E-state index contributed by atoms with van der Waals surface area (Å²) in [5.41, 5.74) is 1.08. The summed E-state index contributed by atoms with van der Waals surface area (Å²) in [4.78, 5) is 25.4. The Morgan fingerprint density at radius 3 is 2.48 bits per heavy atom. The Balaban J connectivity index is 2.79. The van der Waals surface area contributed by atoms with Crippen molar-refractivity contribution >= 4 is 17.6 Å². The van der Waals surface area contributed by atoms with Crippen molar-refractivity contribution in [3.63, 3.8) is 0 Å². The first-order valence-corrected chi connectivity index (χ1v) is 6.78. The highest BCUT2D eigenvalue weighted by molar-refractivity contribution is 5.96. The predicted molar refractivity (Wildman–Crippen MR) is 85.4 cm³/mol. The lowest BCUT2D eigenvalue weighted by molar-refractivity contribution is 0.0956. The highest BCUT2D eigenvalue weighted by atomic mass is 16.2. The molecule has 0 radical (unpaired) electrons. The van der Waals surface area contributed by atoms with Crippen molar-refractivity contribution in [2.24, 2.45) is 0 Å². The normalized spacial score (nSPS) is 9.57.